The van der Waals surface area contributed by atoms with Crippen molar-refractivity contribution in [2.45, 2.75) is 18.4 Å². The molecule has 152 valence electrons. The lowest BCUT2D eigenvalue weighted by atomic mass is 10.0. The molecule has 0 unspecified atom stereocenters. The second-order valence-electron chi connectivity index (χ2n) is 6.70. The van der Waals surface area contributed by atoms with Crippen molar-refractivity contribution in [1.82, 2.24) is 10.3 Å². The fourth-order valence-corrected chi connectivity index (χ4v) is 3.58. The molecule has 1 amide bonds. The van der Waals surface area contributed by atoms with Gasteiger partial charge in [0.1, 0.15) is 0 Å². The summed E-state index contributed by atoms with van der Waals surface area (Å²) in [5.41, 5.74) is 5.31. The minimum atomic E-state index is -0.977. The third-order valence-electron chi connectivity index (χ3n) is 4.58. The van der Waals surface area contributed by atoms with E-state index in [2.05, 4.69) is 10.3 Å². The number of nitrogens with one attached hydrogen (secondary N) is 1. The van der Waals surface area contributed by atoms with Crippen LogP contribution in [0.2, 0.25) is 0 Å². The standard InChI is InChI=1S/C24H22N2O3S/c1-16-3-7-20(14-22(16)30-2)24(29)26-15-21-13-19(11-12-25-21)18-8-4-17(5-9-18)6-10-23(27)28/h3-14H,15H2,1-2H3,(H,26,29)(H,27,28)/b10-6+. The largest absolute Gasteiger partial charge is 0.478 e. The van der Waals surface area contributed by atoms with Crippen LogP contribution >= 0.6 is 11.8 Å². The van der Waals surface area contributed by atoms with E-state index in [1.54, 1.807) is 24.0 Å². The Hall–Kier alpha value is -3.38. The zero-order chi connectivity index (χ0) is 21.5. The molecule has 0 fully saturated rings. The smallest absolute Gasteiger partial charge is 0.328 e. The summed E-state index contributed by atoms with van der Waals surface area (Å²) in [5, 5.41) is 11.6. The van der Waals surface area contributed by atoms with E-state index in [0.29, 0.717) is 12.1 Å². The Morgan fingerprint density at radius 3 is 2.53 bits per heavy atom. The van der Waals surface area contributed by atoms with Crippen LogP contribution in [0.1, 0.15) is 27.2 Å². The summed E-state index contributed by atoms with van der Waals surface area (Å²) in [4.78, 5) is 28.6. The van der Waals surface area contributed by atoms with Gasteiger partial charge in [-0.05, 0) is 65.8 Å². The fraction of sp³-hybridized carbons (Fsp3) is 0.125. The maximum atomic E-state index is 12.5. The number of thioether (sulfide) groups is 1. The average molecular weight is 419 g/mol. The van der Waals surface area contributed by atoms with Gasteiger partial charge in [0.25, 0.3) is 5.91 Å². The highest BCUT2D eigenvalue weighted by Gasteiger charge is 2.09. The van der Waals surface area contributed by atoms with Crippen LogP contribution in [0.4, 0.5) is 0 Å². The number of pyridine rings is 1. The summed E-state index contributed by atoms with van der Waals surface area (Å²) in [6.45, 7) is 2.35. The number of aromatic nitrogens is 1. The lowest BCUT2D eigenvalue weighted by Gasteiger charge is -2.09. The minimum absolute atomic E-state index is 0.132. The zero-order valence-electron chi connectivity index (χ0n) is 16.8. The predicted molar refractivity (Wildman–Crippen MR) is 120 cm³/mol. The van der Waals surface area contributed by atoms with E-state index in [-0.39, 0.29) is 5.91 Å². The molecule has 0 atom stereocenters. The van der Waals surface area contributed by atoms with Crippen molar-refractivity contribution in [3.8, 4) is 11.1 Å². The number of carboxylic acid groups (broad SMARTS) is 1. The van der Waals surface area contributed by atoms with Crippen molar-refractivity contribution in [3.63, 3.8) is 0 Å². The molecule has 0 aliphatic carbocycles. The molecule has 0 bridgehead atoms. The van der Waals surface area contributed by atoms with Gasteiger partial charge in [0, 0.05) is 22.7 Å². The Morgan fingerprint density at radius 2 is 1.83 bits per heavy atom. The van der Waals surface area contributed by atoms with Crippen LogP contribution in [0.25, 0.3) is 17.2 Å². The monoisotopic (exact) mass is 418 g/mol. The average Bonchev–Trinajstić information content (AvgIpc) is 2.77. The Bertz CT molecular complexity index is 1090. The van der Waals surface area contributed by atoms with E-state index in [9.17, 15) is 9.59 Å². The number of amides is 1. The molecule has 3 aromatic rings. The molecule has 2 aromatic carbocycles. The number of rotatable bonds is 7. The SMILES string of the molecule is CSc1cc(C(=O)NCc2cc(-c3ccc(/C=C/C(=O)O)cc3)ccn2)ccc1C. The highest BCUT2D eigenvalue weighted by molar-refractivity contribution is 7.98. The number of carboxylic acids is 1. The maximum absolute atomic E-state index is 12.5. The van der Waals surface area contributed by atoms with Gasteiger partial charge in [-0.1, -0.05) is 30.3 Å². The summed E-state index contributed by atoms with van der Waals surface area (Å²) in [6.07, 6.45) is 6.37. The summed E-state index contributed by atoms with van der Waals surface area (Å²) in [6, 6.07) is 17.1. The Labute approximate surface area is 179 Å². The highest BCUT2D eigenvalue weighted by Crippen LogP contribution is 2.22. The second kappa shape index (κ2) is 9.89. The molecule has 6 heteroatoms. The first-order valence-electron chi connectivity index (χ1n) is 9.35. The number of aliphatic carboxylic acids is 1. The van der Waals surface area contributed by atoms with Gasteiger partial charge in [0.2, 0.25) is 0 Å². The van der Waals surface area contributed by atoms with Gasteiger partial charge in [-0.3, -0.25) is 9.78 Å². The van der Waals surface area contributed by atoms with Gasteiger partial charge in [-0.25, -0.2) is 4.79 Å². The van der Waals surface area contributed by atoms with Gasteiger partial charge in [0.05, 0.1) is 12.2 Å². The van der Waals surface area contributed by atoms with E-state index in [0.717, 1.165) is 38.9 Å². The van der Waals surface area contributed by atoms with Crippen molar-refractivity contribution in [2.24, 2.45) is 0 Å². The minimum Gasteiger partial charge on any atom is -0.478 e. The summed E-state index contributed by atoms with van der Waals surface area (Å²) in [7, 11) is 0. The molecule has 0 aliphatic rings. The van der Waals surface area contributed by atoms with Crippen LogP contribution in [-0.2, 0) is 11.3 Å². The normalized spacial score (nSPS) is 10.9. The van der Waals surface area contributed by atoms with Crippen LogP contribution in [0.3, 0.4) is 0 Å². The lowest BCUT2D eigenvalue weighted by Crippen LogP contribution is -2.23. The summed E-state index contributed by atoms with van der Waals surface area (Å²) < 4.78 is 0. The van der Waals surface area contributed by atoms with Crippen LogP contribution in [0.15, 0.2) is 71.8 Å². The first-order valence-corrected chi connectivity index (χ1v) is 10.6. The molecule has 1 heterocycles. The maximum Gasteiger partial charge on any atom is 0.328 e. The number of benzene rings is 2. The van der Waals surface area contributed by atoms with Gasteiger partial charge < -0.3 is 10.4 Å². The molecular weight excluding hydrogens is 396 g/mol. The highest BCUT2D eigenvalue weighted by atomic mass is 32.2. The summed E-state index contributed by atoms with van der Waals surface area (Å²) in [5.74, 6) is -1.11. The Morgan fingerprint density at radius 1 is 1.07 bits per heavy atom. The van der Waals surface area contributed by atoms with E-state index >= 15 is 0 Å². The van der Waals surface area contributed by atoms with Gasteiger partial charge in [-0.15, -0.1) is 11.8 Å². The number of hydrogen-bond acceptors (Lipinski definition) is 4. The Kier molecular flexibility index (Phi) is 7.03. The molecular formula is C24H22N2O3S. The topological polar surface area (TPSA) is 79.3 Å². The Balaban J connectivity index is 1.68. The van der Waals surface area contributed by atoms with Crippen LogP contribution in [0, 0.1) is 6.92 Å². The number of aryl methyl sites for hydroxylation is 1. The molecule has 0 aliphatic heterocycles. The number of carbonyl (C=O) groups is 2. The van der Waals surface area contributed by atoms with E-state index in [1.807, 2.05) is 67.8 Å². The second-order valence-corrected chi connectivity index (χ2v) is 7.54. The molecule has 2 N–H and O–H groups in total. The molecule has 5 nitrogen and oxygen atoms in total. The molecule has 0 saturated carbocycles. The van der Waals surface area contributed by atoms with Crippen LogP contribution in [-0.4, -0.2) is 28.2 Å². The molecule has 0 spiro atoms. The third kappa shape index (κ3) is 5.58. The predicted octanol–water partition coefficient (Wildman–Crippen LogP) is 4.81. The first-order chi connectivity index (χ1) is 14.5. The molecule has 30 heavy (non-hydrogen) atoms. The van der Waals surface area contributed by atoms with Gasteiger partial charge >= 0.3 is 5.97 Å². The lowest BCUT2D eigenvalue weighted by molar-refractivity contribution is -0.131. The van der Waals surface area contributed by atoms with Crippen LogP contribution < -0.4 is 5.32 Å². The fourth-order valence-electron chi connectivity index (χ4n) is 2.94. The van der Waals surface area contributed by atoms with Crippen molar-refractivity contribution >= 4 is 29.7 Å². The van der Waals surface area contributed by atoms with Gasteiger partial charge in [0.15, 0.2) is 0 Å². The van der Waals surface area contributed by atoms with E-state index in [4.69, 9.17) is 5.11 Å². The molecule has 3 rings (SSSR count). The van der Waals surface area contributed by atoms with Crippen molar-refractivity contribution in [1.29, 1.82) is 0 Å². The molecule has 1 aromatic heterocycles. The van der Waals surface area contributed by atoms with Crippen molar-refractivity contribution < 1.29 is 14.7 Å². The number of hydrogen-bond donors (Lipinski definition) is 2. The molecule has 0 radical (unpaired) electrons. The van der Waals surface area contributed by atoms with E-state index < -0.39 is 5.97 Å². The van der Waals surface area contributed by atoms with Crippen molar-refractivity contribution in [2.75, 3.05) is 6.26 Å². The first kappa shape index (κ1) is 21.3. The van der Waals surface area contributed by atoms with Gasteiger partial charge in [-0.2, -0.15) is 0 Å². The van der Waals surface area contributed by atoms with Crippen molar-refractivity contribution in [3.05, 3.63) is 89.3 Å². The van der Waals surface area contributed by atoms with Crippen LogP contribution in [0.5, 0.6) is 0 Å². The molecule has 0 saturated heterocycles. The quantitative estimate of drug-likeness (QED) is 0.425. The number of carbonyl (C=O) groups excluding carboxylic acids is 1. The third-order valence-corrected chi connectivity index (χ3v) is 5.46. The summed E-state index contributed by atoms with van der Waals surface area (Å²) >= 11 is 1.62. The van der Waals surface area contributed by atoms with E-state index in [1.165, 1.54) is 0 Å². The number of nitrogens with zero attached hydrogens (tertiary/aromatic N) is 1. The zero-order valence-corrected chi connectivity index (χ0v) is 17.6.